The van der Waals surface area contributed by atoms with Crippen LogP contribution in [0.25, 0.3) is 0 Å². The zero-order valence-corrected chi connectivity index (χ0v) is 14.7. The number of aromatic nitrogens is 3. The predicted molar refractivity (Wildman–Crippen MR) is 94.2 cm³/mol. The number of halogens is 2. The number of amides is 1. The van der Waals surface area contributed by atoms with E-state index < -0.39 is 0 Å². The van der Waals surface area contributed by atoms with Crippen molar-refractivity contribution < 1.29 is 9.53 Å². The molecule has 24 heavy (non-hydrogen) atoms. The van der Waals surface area contributed by atoms with Gasteiger partial charge in [0.2, 0.25) is 0 Å². The summed E-state index contributed by atoms with van der Waals surface area (Å²) in [4.78, 5) is 16.2. The van der Waals surface area contributed by atoms with Crippen LogP contribution >= 0.6 is 27.5 Å². The molecule has 0 aliphatic heterocycles. The molecule has 6 nitrogen and oxygen atoms in total. The highest BCUT2D eigenvalue weighted by Gasteiger charge is 2.10. The van der Waals surface area contributed by atoms with Crippen molar-refractivity contribution in [3.05, 3.63) is 70.0 Å². The third-order valence-corrected chi connectivity index (χ3v) is 3.74. The van der Waals surface area contributed by atoms with E-state index in [9.17, 15) is 4.79 Å². The molecule has 0 saturated heterocycles. The second-order valence-electron chi connectivity index (χ2n) is 4.78. The smallest absolute Gasteiger partial charge is 0.277 e. The molecule has 1 amide bonds. The molecule has 2 heterocycles. The molecule has 8 heteroatoms. The van der Waals surface area contributed by atoms with Crippen LogP contribution in [0.4, 0.5) is 5.82 Å². The zero-order valence-electron chi connectivity index (χ0n) is 12.3. The quantitative estimate of drug-likeness (QED) is 0.694. The van der Waals surface area contributed by atoms with Crippen molar-refractivity contribution in [3.8, 4) is 5.75 Å². The van der Waals surface area contributed by atoms with Gasteiger partial charge in [0.05, 0.1) is 0 Å². The number of hydrogen-bond acceptors (Lipinski definition) is 4. The molecule has 122 valence electrons. The Morgan fingerprint density at radius 2 is 2.00 bits per heavy atom. The number of pyridine rings is 1. The molecule has 0 atom stereocenters. The lowest BCUT2D eigenvalue weighted by Crippen LogP contribution is -2.15. The molecular formula is C16H12BrClN4O2. The molecule has 3 aromatic rings. The van der Waals surface area contributed by atoms with Gasteiger partial charge in [-0.1, -0.05) is 11.6 Å². The van der Waals surface area contributed by atoms with Gasteiger partial charge in [0.15, 0.2) is 12.4 Å². The molecule has 0 spiro atoms. The summed E-state index contributed by atoms with van der Waals surface area (Å²) in [6, 6.07) is 12.1. The van der Waals surface area contributed by atoms with Gasteiger partial charge in [-0.2, -0.15) is 5.10 Å². The van der Waals surface area contributed by atoms with Gasteiger partial charge in [0.1, 0.15) is 11.6 Å². The van der Waals surface area contributed by atoms with Crippen LogP contribution in [0.2, 0.25) is 5.02 Å². The van der Waals surface area contributed by atoms with Gasteiger partial charge in [-0.15, -0.1) is 0 Å². The first-order valence-corrected chi connectivity index (χ1v) is 8.12. The van der Waals surface area contributed by atoms with Crippen molar-refractivity contribution in [1.29, 1.82) is 0 Å². The average molecular weight is 408 g/mol. The van der Waals surface area contributed by atoms with E-state index in [1.807, 2.05) is 0 Å². The number of benzene rings is 1. The van der Waals surface area contributed by atoms with Gasteiger partial charge in [-0.3, -0.25) is 4.79 Å². The highest BCUT2D eigenvalue weighted by atomic mass is 79.9. The summed E-state index contributed by atoms with van der Waals surface area (Å²) in [7, 11) is 0. The fraction of sp³-hybridized carbons (Fsp3) is 0.0625. The molecule has 0 aliphatic carbocycles. The maximum Gasteiger partial charge on any atom is 0.277 e. The van der Waals surface area contributed by atoms with E-state index in [1.165, 1.54) is 4.68 Å². The normalized spacial score (nSPS) is 10.4. The zero-order chi connectivity index (χ0) is 16.9. The van der Waals surface area contributed by atoms with E-state index in [1.54, 1.807) is 54.9 Å². The number of ether oxygens (including phenoxy) is 1. The first-order chi connectivity index (χ1) is 11.6. The molecule has 0 unspecified atom stereocenters. The van der Waals surface area contributed by atoms with Crippen molar-refractivity contribution in [2.24, 2.45) is 0 Å². The van der Waals surface area contributed by atoms with Crippen molar-refractivity contribution in [2.75, 3.05) is 5.32 Å². The lowest BCUT2D eigenvalue weighted by Gasteiger charge is -2.06. The summed E-state index contributed by atoms with van der Waals surface area (Å²) in [5, 5.41) is 7.49. The third-order valence-electron chi connectivity index (χ3n) is 3.02. The second kappa shape index (κ2) is 7.46. The first-order valence-electron chi connectivity index (χ1n) is 6.95. The van der Waals surface area contributed by atoms with Crippen molar-refractivity contribution in [3.63, 3.8) is 0 Å². The Hall–Kier alpha value is -2.38. The maximum absolute atomic E-state index is 12.1. The van der Waals surface area contributed by atoms with E-state index in [-0.39, 0.29) is 18.3 Å². The Balaban J connectivity index is 1.59. The fourth-order valence-electron chi connectivity index (χ4n) is 1.86. The highest BCUT2D eigenvalue weighted by molar-refractivity contribution is 9.10. The predicted octanol–water partition coefficient (Wildman–Crippen LogP) is 3.98. The van der Waals surface area contributed by atoms with E-state index in [0.717, 1.165) is 4.47 Å². The molecule has 2 aromatic heterocycles. The Morgan fingerprint density at radius 3 is 2.71 bits per heavy atom. The van der Waals surface area contributed by atoms with Gasteiger partial charge in [0, 0.05) is 21.9 Å². The number of nitrogens with zero attached hydrogens (tertiary/aromatic N) is 3. The number of carbonyl (C=O) groups is 1. The molecule has 0 bridgehead atoms. The molecule has 1 aromatic carbocycles. The van der Waals surface area contributed by atoms with Gasteiger partial charge in [0.25, 0.3) is 5.91 Å². The maximum atomic E-state index is 12.1. The highest BCUT2D eigenvalue weighted by Crippen LogP contribution is 2.16. The van der Waals surface area contributed by atoms with Crippen molar-refractivity contribution in [2.45, 2.75) is 6.73 Å². The van der Waals surface area contributed by atoms with Crippen LogP contribution in [0.1, 0.15) is 10.5 Å². The van der Waals surface area contributed by atoms with E-state index in [0.29, 0.717) is 16.6 Å². The van der Waals surface area contributed by atoms with Crippen LogP contribution in [0.3, 0.4) is 0 Å². The Morgan fingerprint density at radius 1 is 1.21 bits per heavy atom. The summed E-state index contributed by atoms with van der Waals surface area (Å²) in [6.07, 6.45) is 3.27. The van der Waals surface area contributed by atoms with E-state index in [4.69, 9.17) is 16.3 Å². The van der Waals surface area contributed by atoms with Gasteiger partial charge >= 0.3 is 0 Å². The summed E-state index contributed by atoms with van der Waals surface area (Å²) < 4.78 is 7.93. The average Bonchev–Trinajstić information content (AvgIpc) is 3.06. The van der Waals surface area contributed by atoms with Crippen LogP contribution in [0.15, 0.2) is 59.3 Å². The van der Waals surface area contributed by atoms with Crippen LogP contribution in [0.5, 0.6) is 5.75 Å². The summed E-state index contributed by atoms with van der Waals surface area (Å²) >= 11 is 9.11. The number of rotatable bonds is 5. The number of anilines is 1. The lowest BCUT2D eigenvalue weighted by molar-refractivity contribution is 0.102. The van der Waals surface area contributed by atoms with Crippen LogP contribution < -0.4 is 10.1 Å². The fourth-order valence-corrected chi connectivity index (χ4v) is 2.22. The minimum absolute atomic E-state index is 0.186. The first kappa shape index (κ1) is 16.5. The van der Waals surface area contributed by atoms with E-state index >= 15 is 0 Å². The summed E-state index contributed by atoms with van der Waals surface area (Å²) in [5.41, 5.74) is 0.277. The number of carbonyl (C=O) groups excluding carboxylic acids is 1. The van der Waals surface area contributed by atoms with Crippen LogP contribution in [-0.2, 0) is 6.73 Å². The molecule has 0 fully saturated rings. The second-order valence-corrected chi connectivity index (χ2v) is 6.14. The van der Waals surface area contributed by atoms with E-state index in [2.05, 4.69) is 31.3 Å². The molecule has 0 aliphatic rings. The largest absolute Gasteiger partial charge is 0.471 e. The Labute approximate surface area is 151 Å². The van der Waals surface area contributed by atoms with Crippen molar-refractivity contribution in [1.82, 2.24) is 14.8 Å². The molecule has 3 rings (SSSR count). The van der Waals surface area contributed by atoms with Crippen molar-refractivity contribution >= 4 is 39.3 Å². The standard InChI is InChI=1S/C16H12BrClN4O2/c17-11-1-6-15(19-9-11)20-16(23)14-7-8-22(21-14)10-24-13-4-2-12(18)3-5-13/h1-9H,10H2,(H,19,20,23). The van der Waals surface area contributed by atoms with Crippen LogP contribution in [0, 0.1) is 0 Å². The molecular weight excluding hydrogens is 396 g/mol. The summed E-state index contributed by atoms with van der Waals surface area (Å²) in [5.74, 6) is 0.783. The molecule has 1 N–H and O–H groups in total. The molecule has 0 saturated carbocycles. The number of hydrogen-bond donors (Lipinski definition) is 1. The third kappa shape index (κ3) is 4.33. The Kier molecular flexibility index (Phi) is 5.12. The topological polar surface area (TPSA) is 69.0 Å². The van der Waals surface area contributed by atoms with Gasteiger partial charge in [-0.05, 0) is 58.4 Å². The molecule has 0 radical (unpaired) electrons. The number of nitrogens with one attached hydrogen (secondary N) is 1. The van der Waals surface area contributed by atoms with Crippen LogP contribution in [-0.4, -0.2) is 20.7 Å². The summed E-state index contributed by atoms with van der Waals surface area (Å²) in [6.45, 7) is 0.186. The Bertz CT molecular complexity index is 834. The van der Waals surface area contributed by atoms with Gasteiger partial charge in [-0.25, -0.2) is 9.67 Å². The minimum atomic E-state index is -0.338. The SMILES string of the molecule is O=C(Nc1ccc(Br)cn1)c1ccn(COc2ccc(Cl)cc2)n1. The monoisotopic (exact) mass is 406 g/mol. The minimum Gasteiger partial charge on any atom is -0.471 e. The lowest BCUT2D eigenvalue weighted by atomic mass is 10.3. The van der Waals surface area contributed by atoms with Gasteiger partial charge < -0.3 is 10.1 Å².